The van der Waals surface area contributed by atoms with E-state index in [0.717, 1.165) is 10.2 Å². The average Bonchev–Trinajstić information content (AvgIpc) is 3.65. The number of aliphatic imine (C=N–C) groups is 1. The summed E-state index contributed by atoms with van der Waals surface area (Å²) < 4.78 is 71.3. The van der Waals surface area contributed by atoms with Gasteiger partial charge < -0.3 is 10.1 Å². The number of benzene rings is 1. The zero-order valence-corrected chi connectivity index (χ0v) is 23.1. The van der Waals surface area contributed by atoms with Gasteiger partial charge in [-0.15, -0.1) is 0 Å². The maximum Gasteiger partial charge on any atom is 0.422 e. The number of hydrogen-bond acceptors (Lipinski definition) is 8. The molecular formula is C27H25F3N6O5S. The highest BCUT2D eigenvalue weighted by atomic mass is 32.2. The number of halogens is 3. The van der Waals surface area contributed by atoms with Crippen molar-refractivity contribution >= 4 is 28.1 Å². The van der Waals surface area contributed by atoms with Crippen molar-refractivity contribution in [2.24, 2.45) is 4.99 Å². The lowest BCUT2D eigenvalue weighted by Gasteiger charge is -2.35. The number of fused-ring (bicyclic) bond motifs is 3. The van der Waals surface area contributed by atoms with Gasteiger partial charge in [-0.3, -0.25) is 14.6 Å². The van der Waals surface area contributed by atoms with Gasteiger partial charge in [0.1, 0.15) is 11.4 Å². The van der Waals surface area contributed by atoms with Gasteiger partial charge in [0.15, 0.2) is 12.4 Å². The number of alkyl halides is 3. The number of sulfonamides is 1. The zero-order chi connectivity index (χ0) is 29.9. The number of pyridine rings is 1. The fraction of sp³-hybridized carbons (Fsp3) is 0.370. The molecule has 2 aliphatic carbocycles. The summed E-state index contributed by atoms with van der Waals surface area (Å²) in [5.74, 6) is -1.38. The summed E-state index contributed by atoms with van der Waals surface area (Å²) in [5, 5.41) is 6.89. The number of nitrogens with one attached hydrogen (secondary N) is 2. The van der Waals surface area contributed by atoms with E-state index in [1.54, 1.807) is 31.5 Å². The molecule has 3 heterocycles. The molecular weight excluding hydrogens is 577 g/mol. The molecule has 0 radical (unpaired) electrons. The molecule has 1 aromatic carbocycles. The van der Waals surface area contributed by atoms with Crippen LogP contribution in [-0.4, -0.2) is 66.3 Å². The normalized spacial score (nSPS) is 20.0. The van der Waals surface area contributed by atoms with Crippen LogP contribution in [-0.2, 0) is 28.4 Å². The Bertz CT molecular complexity index is 1730. The van der Waals surface area contributed by atoms with Crippen LogP contribution >= 0.6 is 0 Å². The van der Waals surface area contributed by atoms with Gasteiger partial charge in [-0.25, -0.2) is 22.8 Å². The van der Waals surface area contributed by atoms with Gasteiger partial charge >= 0.3 is 6.18 Å². The van der Waals surface area contributed by atoms with E-state index in [-0.39, 0.29) is 34.9 Å². The summed E-state index contributed by atoms with van der Waals surface area (Å²) in [6.07, 6.45) is 0.531. The van der Waals surface area contributed by atoms with Crippen molar-refractivity contribution in [2.45, 2.75) is 49.1 Å². The minimum absolute atomic E-state index is 0.0636. The molecule has 6 rings (SSSR count). The SMILES string of the molecule is CN=Cc1ccc(-n2nc3c(c2C(=O)NS(=O)(=O)C2CC2)C(=O)N[C@]2(CCc4cc(OCC(F)(F)F)ccc42)C3)nc1. The van der Waals surface area contributed by atoms with Crippen LogP contribution in [0.2, 0.25) is 0 Å². The summed E-state index contributed by atoms with van der Waals surface area (Å²) >= 11 is 0. The summed E-state index contributed by atoms with van der Waals surface area (Å²) in [6.45, 7) is -1.42. The molecule has 0 saturated heterocycles. The molecule has 3 aromatic rings. The van der Waals surface area contributed by atoms with Crippen LogP contribution in [0.15, 0.2) is 41.5 Å². The molecule has 1 fully saturated rings. The third-order valence-electron chi connectivity index (χ3n) is 7.50. The van der Waals surface area contributed by atoms with Gasteiger partial charge in [-0.2, -0.15) is 18.3 Å². The van der Waals surface area contributed by atoms with Gasteiger partial charge in [0, 0.05) is 31.4 Å². The van der Waals surface area contributed by atoms with E-state index in [0.29, 0.717) is 36.8 Å². The first-order chi connectivity index (χ1) is 19.9. The minimum atomic E-state index is -4.48. The Morgan fingerprint density at radius 2 is 2.07 bits per heavy atom. The standard InChI is InChI=1S/C27H25F3N6O5S/c1-31-12-15-2-7-21(32-13-15)36-23(25(38)35-42(39,40)18-4-5-18)22-20(34-36)11-26(33-24(22)37)9-8-16-10-17(3-6-19(16)26)41-14-27(28,29)30/h2-3,6-7,10,12-13,18H,4-5,8-9,11,14H2,1H3,(H,33,37)(H,35,38)/t26-/m1/s1. The second-order valence-corrected chi connectivity index (χ2v) is 12.5. The molecule has 220 valence electrons. The van der Waals surface area contributed by atoms with Crippen molar-refractivity contribution in [2.75, 3.05) is 13.7 Å². The maximum absolute atomic E-state index is 13.7. The quantitative estimate of drug-likeness (QED) is 0.396. The molecule has 1 saturated carbocycles. The van der Waals surface area contributed by atoms with Crippen LogP contribution in [0.25, 0.3) is 5.82 Å². The zero-order valence-electron chi connectivity index (χ0n) is 22.2. The van der Waals surface area contributed by atoms with Crippen LogP contribution in [0, 0.1) is 0 Å². The Hall–Kier alpha value is -4.27. The third-order valence-corrected chi connectivity index (χ3v) is 9.32. The summed E-state index contributed by atoms with van der Waals surface area (Å²) in [6, 6.07) is 7.84. The number of carbonyl (C=O) groups is 2. The molecule has 1 spiro atoms. The van der Waals surface area contributed by atoms with Gasteiger partial charge in [0.25, 0.3) is 11.8 Å². The molecule has 11 nitrogen and oxygen atoms in total. The fourth-order valence-electron chi connectivity index (χ4n) is 5.49. The summed E-state index contributed by atoms with van der Waals surface area (Å²) in [7, 11) is -2.34. The fourth-order valence-corrected chi connectivity index (χ4v) is 6.77. The Balaban J connectivity index is 1.39. The van der Waals surface area contributed by atoms with Crippen LogP contribution < -0.4 is 14.8 Å². The van der Waals surface area contributed by atoms with Crippen molar-refractivity contribution < 1.29 is 35.9 Å². The van der Waals surface area contributed by atoms with E-state index in [4.69, 9.17) is 4.74 Å². The number of rotatable bonds is 7. The van der Waals surface area contributed by atoms with Crippen LogP contribution in [0.4, 0.5) is 13.2 Å². The number of aryl methyl sites for hydroxylation is 1. The number of amides is 2. The predicted molar refractivity (Wildman–Crippen MR) is 143 cm³/mol. The highest BCUT2D eigenvalue weighted by Gasteiger charge is 2.48. The molecule has 2 N–H and O–H groups in total. The lowest BCUT2D eigenvalue weighted by Crippen LogP contribution is -2.50. The lowest BCUT2D eigenvalue weighted by molar-refractivity contribution is -0.153. The largest absolute Gasteiger partial charge is 0.484 e. The predicted octanol–water partition coefficient (Wildman–Crippen LogP) is 2.61. The monoisotopic (exact) mass is 602 g/mol. The maximum atomic E-state index is 13.7. The summed E-state index contributed by atoms with van der Waals surface area (Å²) in [4.78, 5) is 35.4. The highest BCUT2D eigenvalue weighted by Crippen LogP contribution is 2.44. The average molecular weight is 603 g/mol. The van der Waals surface area contributed by atoms with Gasteiger partial charge in [-0.1, -0.05) is 6.07 Å². The van der Waals surface area contributed by atoms with E-state index < -0.39 is 45.4 Å². The molecule has 15 heteroatoms. The number of hydrogen-bond donors (Lipinski definition) is 2. The molecule has 1 atom stereocenters. The van der Waals surface area contributed by atoms with E-state index in [1.807, 2.05) is 0 Å². The number of ether oxygens (including phenoxy) is 1. The number of aromatic nitrogens is 3. The molecule has 42 heavy (non-hydrogen) atoms. The van der Waals surface area contributed by atoms with Gasteiger partial charge in [0.2, 0.25) is 10.0 Å². The number of nitrogens with zero attached hydrogens (tertiary/aromatic N) is 4. The van der Waals surface area contributed by atoms with Crippen molar-refractivity contribution in [3.05, 3.63) is 70.2 Å². The van der Waals surface area contributed by atoms with Crippen molar-refractivity contribution in [3.63, 3.8) is 0 Å². The first-order valence-corrected chi connectivity index (χ1v) is 14.7. The smallest absolute Gasteiger partial charge is 0.422 e. The Kier molecular flexibility index (Phi) is 6.59. The second kappa shape index (κ2) is 9.93. The minimum Gasteiger partial charge on any atom is -0.484 e. The Morgan fingerprint density at radius 3 is 2.74 bits per heavy atom. The summed E-state index contributed by atoms with van der Waals surface area (Å²) in [5.41, 5.74) is 1.12. The van der Waals surface area contributed by atoms with Crippen LogP contribution in [0.5, 0.6) is 5.75 Å². The molecule has 2 aromatic heterocycles. The molecule has 0 unspecified atom stereocenters. The topological polar surface area (TPSA) is 145 Å². The highest BCUT2D eigenvalue weighted by molar-refractivity contribution is 7.91. The third kappa shape index (κ3) is 5.12. The first-order valence-electron chi connectivity index (χ1n) is 13.1. The van der Waals surface area contributed by atoms with Crippen molar-refractivity contribution in [1.82, 2.24) is 24.8 Å². The van der Waals surface area contributed by atoms with E-state index in [1.165, 1.54) is 18.3 Å². The first kappa shape index (κ1) is 27.9. The lowest BCUT2D eigenvalue weighted by atomic mass is 9.82. The molecule has 3 aliphatic rings. The molecule has 1 aliphatic heterocycles. The molecule has 0 bridgehead atoms. The van der Waals surface area contributed by atoms with Gasteiger partial charge in [-0.05, 0) is 61.1 Å². The second-order valence-electron chi connectivity index (χ2n) is 10.5. The van der Waals surface area contributed by atoms with E-state index >= 15 is 0 Å². The van der Waals surface area contributed by atoms with E-state index in [9.17, 15) is 31.2 Å². The molecule has 2 amide bonds. The Labute approximate surface area is 238 Å². The van der Waals surface area contributed by atoms with Crippen molar-refractivity contribution in [3.8, 4) is 11.6 Å². The Morgan fingerprint density at radius 1 is 1.29 bits per heavy atom. The number of carbonyl (C=O) groups excluding carboxylic acids is 2. The van der Waals surface area contributed by atoms with Crippen LogP contribution in [0.1, 0.15) is 62.5 Å². The van der Waals surface area contributed by atoms with E-state index in [2.05, 4.69) is 25.1 Å². The van der Waals surface area contributed by atoms with Crippen LogP contribution in [0.3, 0.4) is 0 Å². The van der Waals surface area contributed by atoms with Crippen molar-refractivity contribution in [1.29, 1.82) is 0 Å². The van der Waals surface area contributed by atoms with Gasteiger partial charge in [0.05, 0.1) is 22.0 Å².